The number of aryl methyl sites for hydroxylation is 1. The number of hydrogen-bond donors (Lipinski definition) is 1. The number of phenols is 1. The second-order valence-electron chi connectivity index (χ2n) is 10.5. The molecule has 0 bridgehead atoms. The summed E-state index contributed by atoms with van der Waals surface area (Å²) in [7, 11) is 0. The molecule has 1 aromatic rings. The normalized spacial score (nSPS) is 11.3. The first-order valence-electron chi connectivity index (χ1n) is 15.1. The molecular formula is C32H58O. The molecule has 0 heterocycles. The van der Waals surface area contributed by atoms with Gasteiger partial charge >= 0.3 is 0 Å². The number of hydrogen-bond acceptors (Lipinski definition) is 1. The molecule has 1 heteroatoms. The Morgan fingerprint density at radius 1 is 0.424 bits per heavy atom. The fraction of sp³-hybridized carbons (Fsp3) is 0.812. The lowest BCUT2D eigenvalue weighted by Gasteiger charge is -2.05. The van der Waals surface area contributed by atoms with E-state index in [1.165, 1.54) is 154 Å². The molecule has 0 fully saturated rings. The number of unbranched alkanes of at least 4 members (excludes halogenated alkanes) is 23. The van der Waals surface area contributed by atoms with E-state index in [9.17, 15) is 5.11 Å². The second kappa shape index (κ2) is 24.2. The smallest absolute Gasteiger partial charge is 0.118 e. The molecule has 0 amide bonds. The summed E-state index contributed by atoms with van der Waals surface area (Å²) in [6, 6.07) is 7.77. The first-order valence-corrected chi connectivity index (χ1v) is 15.1. The monoisotopic (exact) mass is 458 g/mol. The number of para-hydroxylation sites is 1. The van der Waals surface area contributed by atoms with Gasteiger partial charge in [0.05, 0.1) is 0 Å². The van der Waals surface area contributed by atoms with E-state index in [0.717, 1.165) is 12.0 Å². The van der Waals surface area contributed by atoms with E-state index in [2.05, 4.69) is 6.92 Å². The molecule has 0 radical (unpaired) electrons. The minimum Gasteiger partial charge on any atom is -0.508 e. The van der Waals surface area contributed by atoms with Crippen LogP contribution in [-0.2, 0) is 6.42 Å². The molecule has 1 nitrogen and oxygen atoms in total. The maximum absolute atomic E-state index is 9.79. The van der Waals surface area contributed by atoms with Crippen molar-refractivity contribution in [3.8, 4) is 5.75 Å². The average molecular weight is 459 g/mol. The molecule has 0 aromatic heterocycles. The largest absolute Gasteiger partial charge is 0.508 e. The predicted molar refractivity (Wildman–Crippen MR) is 148 cm³/mol. The lowest BCUT2D eigenvalue weighted by molar-refractivity contribution is 0.465. The minimum atomic E-state index is 0.464. The van der Waals surface area contributed by atoms with Gasteiger partial charge in [-0.15, -0.1) is 0 Å². The van der Waals surface area contributed by atoms with E-state index in [0.29, 0.717) is 5.75 Å². The van der Waals surface area contributed by atoms with Crippen LogP contribution in [0.5, 0.6) is 5.75 Å². The third kappa shape index (κ3) is 20.1. The highest BCUT2D eigenvalue weighted by Crippen LogP contribution is 2.19. The van der Waals surface area contributed by atoms with Crippen LogP contribution in [0.2, 0.25) is 0 Å². The van der Waals surface area contributed by atoms with Crippen LogP contribution >= 0.6 is 0 Å². The molecular weight excluding hydrogens is 400 g/mol. The summed E-state index contributed by atoms with van der Waals surface area (Å²) in [6.07, 6.45) is 35.4. The van der Waals surface area contributed by atoms with Crippen LogP contribution in [0.1, 0.15) is 167 Å². The average Bonchev–Trinajstić information content (AvgIpc) is 2.83. The van der Waals surface area contributed by atoms with Gasteiger partial charge in [-0.3, -0.25) is 0 Å². The molecule has 0 unspecified atom stereocenters. The summed E-state index contributed by atoms with van der Waals surface area (Å²) in [5.74, 6) is 0.464. The summed E-state index contributed by atoms with van der Waals surface area (Å²) in [4.78, 5) is 0. The Morgan fingerprint density at radius 2 is 0.727 bits per heavy atom. The van der Waals surface area contributed by atoms with Crippen LogP contribution in [0.15, 0.2) is 24.3 Å². The molecule has 0 aliphatic heterocycles. The van der Waals surface area contributed by atoms with Crippen molar-refractivity contribution in [3.63, 3.8) is 0 Å². The van der Waals surface area contributed by atoms with Crippen molar-refractivity contribution in [3.05, 3.63) is 29.8 Å². The summed E-state index contributed by atoms with van der Waals surface area (Å²) in [6.45, 7) is 2.30. The summed E-state index contributed by atoms with van der Waals surface area (Å²) in [5, 5.41) is 9.79. The number of benzene rings is 1. The lowest BCUT2D eigenvalue weighted by atomic mass is 10.0. The topological polar surface area (TPSA) is 20.2 Å². The van der Waals surface area contributed by atoms with Crippen LogP contribution in [0.4, 0.5) is 0 Å². The Labute approximate surface area is 208 Å². The van der Waals surface area contributed by atoms with Gasteiger partial charge in [0.2, 0.25) is 0 Å². The van der Waals surface area contributed by atoms with Crippen LogP contribution in [0.25, 0.3) is 0 Å². The highest BCUT2D eigenvalue weighted by atomic mass is 16.3. The zero-order valence-electron chi connectivity index (χ0n) is 22.4. The van der Waals surface area contributed by atoms with E-state index in [4.69, 9.17) is 0 Å². The minimum absolute atomic E-state index is 0.464. The highest BCUT2D eigenvalue weighted by Gasteiger charge is 1.99. The van der Waals surface area contributed by atoms with Gasteiger partial charge in [0.15, 0.2) is 0 Å². The van der Waals surface area contributed by atoms with Crippen molar-refractivity contribution in [2.24, 2.45) is 0 Å². The predicted octanol–water partition coefficient (Wildman–Crippen LogP) is 11.3. The van der Waals surface area contributed by atoms with Crippen molar-refractivity contribution in [1.82, 2.24) is 0 Å². The molecule has 0 spiro atoms. The number of phenolic OH excluding ortho intramolecular Hbond substituents is 1. The van der Waals surface area contributed by atoms with Crippen molar-refractivity contribution in [2.75, 3.05) is 0 Å². The SMILES string of the molecule is CCCCCCCCCCCCCCCCCCCCCCCCCCc1ccccc1O. The fourth-order valence-corrected chi connectivity index (χ4v) is 5.00. The van der Waals surface area contributed by atoms with Crippen molar-refractivity contribution in [1.29, 1.82) is 0 Å². The van der Waals surface area contributed by atoms with E-state index in [1.54, 1.807) is 6.07 Å². The van der Waals surface area contributed by atoms with Crippen LogP contribution in [0.3, 0.4) is 0 Å². The van der Waals surface area contributed by atoms with Crippen molar-refractivity contribution in [2.45, 2.75) is 167 Å². The maximum Gasteiger partial charge on any atom is 0.118 e. The third-order valence-corrected chi connectivity index (χ3v) is 7.29. The third-order valence-electron chi connectivity index (χ3n) is 7.29. The zero-order valence-corrected chi connectivity index (χ0v) is 22.4. The fourth-order valence-electron chi connectivity index (χ4n) is 5.00. The zero-order chi connectivity index (χ0) is 23.7. The molecule has 192 valence electrons. The van der Waals surface area contributed by atoms with Gasteiger partial charge in [0.1, 0.15) is 5.75 Å². The Bertz CT molecular complexity index is 509. The molecule has 0 aliphatic rings. The first-order chi connectivity index (χ1) is 16.3. The van der Waals surface area contributed by atoms with Crippen molar-refractivity contribution < 1.29 is 5.11 Å². The quantitative estimate of drug-likeness (QED) is 0.144. The van der Waals surface area contributed by atoms with E-state index in [-0.39, 0.29) is 0 Å². The van der Waals surface area contributed by atoms with Gasteiger partial charge in [-0.05, 0) is 24.5 Å². The summed E-state index contributed by atoms with van der Waals surface area (Å²) < 4.78 is 0. The van der Waals surface area contributed by atoms with Gasteiger partial charge in [0.25, 0.3) is 0 Å². The molecule has 1 rings (SSSR count). The highest BCUT2D eigenvalue weighted by molar-refractivity contribution is 5.31. The van der Waals surface area contributed by atoms with Gasteiger partial charge in [-0.2, -0.15) is 0 Å². The number of aromatic hydroxyl groups is 1. The van der Waals surface area contributed by atoms with Crippen molar-refractivity contribution >= 4 is 0 Å². The van der Waals surface area contributed by atoms with Crippen LogP contribution in [-0.4, -0.2) is 5.11 Å². The molecule has 1 aromatic carbocycles. The Morgan fingerprint density at radius 3 is 1.06 bits per heavy atom. The molecule has 0 saturated heterocycles. The lowest BCUT2D eigenvalue weighted by Crippen LogP contribution is -1.87. The molecule has 0 atom stereocenters. The first kappa shape index (κ1) is 30.1. The van der Waals surface area contributed by atoms with E-state index < -0.39 is 0 Å². The van der Waals surface area contributed by atoms with Gasteiger partial charge in [-0.1, -0.05) is 173 Å². The van der Waals surface area contributed by atoms with Crippen LogP contribution in [0, 0.1) is 0 Å². The Hall–Kier alpha value is -0.980. The van der Waals surface area contributed by atoms with Gasteiger partial charge in [-0.25, -0.2) is 0 Å². The van der Waals surface area contributed by atoms with Crippen LogP contribution < -0.4 is 0 Å². The second-order valence-corrected chi connectivity index (χ2v) is 10.5. The molecule has 0 saturated carbocycles. The molecule has 0 aliphatic carbocycles. The Balaban J connectivity index is 1.67. The molecule has 33 heavy (non-hydrogen) atoms. The van der Waals surface area contributed by atoms with Gasteiger partial charge < -0.3 is 5.11 Å². The molecule has 1 N–H and O–H groups in total. The summed E-state index contributed by atoms with van der Waals surface area (Å²) in [5.41, 5.74) is 1.11. The Kier molecular flexibility index (Phi) is 22.0. The summed E-state index contributed by atoms with van der Waals surface area (Å²) >= 11 is 0. The maximum atomic E-state index is 9.79. The van der Waals surface area contributed by atoms with E-state index in [1.807, 2.05) is 18.2 Å². The standard InChI is InChI=1S/C32H58O/c1-2-3-4-5-6-7-8-9-10-11-12-13-14-15-16-17-18-19-20-21-22-23-24-25-28-31-29-26-27-30-32(31)33/h26-27,29-30,33H,2-25,28H2,1H3. The number of rotatable bonds is 25. The van der Waals surface area contributed by atoms with E-state index >= 15 is 0 Å². The van der Waals surface area contributed by atoms with Gasteiger partial charge in [0, 0.05) is 0 Å².